The summed E-state index contributed by atoms with van der Waals surface area (Å²) in [6.07, 6.45) is 4.76. The van der Waals surface area contributed by atoms with E-state index in [1.165, 1.54) is 0 Å². The van der Waals surface area contributed by atoms with Crippen LogP contribution in [0.4, 0.5) is 11.4 Å². The highest BCUT2D eigenvalue weighted by Gasteiger charge is 2.31. The van der Waals surface area contributed by atoms with Crippen molar-refractivity contribution in [2.75, 3.05) is 37.5 Å². The Balaban J connectivity index is 1.61. The van der Waals surface area contributed by atoms with Gasteiger partial charge in [-0.05, 0) is 61.4 Å². The number of carbonyl (C=O) groups is 2. The molecule has 0 aromatic heterocycles. The first-order valence-electron chi connectivity index (χ1n) is 12.5. The van der Waals surface area contributed by atoms with E-state index >= 15 is 0 Å². The van der Waals surface area contributed by atoms with Crippen LogP contribution in [0, 0.1) is 5.92 Å². The largest absolute Gasteiger partial charge is 0.377 e. The molecule has 1 aliphatic carbocycles. The van der Waals surface area contributed by atoms with Crippen molar-refractivity contribution in [1.82, 2.24) is 4.90 Å². The molecule has 6 nitrogen and oxygen atoms in total. The summed E-state index contributed by atoms with van der Waals surface area (Å²) in [6.45, 7) is 3.88. The molecule has 2 aromatic carbocycles. The number of benzene rings is 2. The highest BCUT2D eigenvalue weighted by Crippen LogP contribution is 2.32. The van der Waals surface area contributed by atoms with Crippen LogP contribution in [0.2, 0.25) is 0 Å². The van der Waals surface area contributed by atoms with E-state index in [2.05, 4.69) is 17.1 Å². The van der Waals surface area contributed by atoms with Gasteiger partial charge in [0, 0.05) is 51.1 Å². The lowest BCUT2D eigenvalue weighted by Crippen LogP contribution is -2.40. The lowest BCUT2D eigenvalue weighted by atomic mass is 9.94. The molecule has 0 bridgehead atoms. The number of hydrogen-bond donors (Lipinski definition) is 1. The fourth-order valence-electron chi connectivity index (χ4n) is 4.75. The van der Waals surface area contributed by atoms with Gasteiger partial charge in [0.1, 0.15) is 0 Å². The zero-order valence-electron chi connectivity index (χ0n) is 20.6. The molecule has 34 heavy (non-hydrogen) atoms. The molecule has 1 N–H and O–H groups in total. The number of amides is 2. The fraction of sp³-hybridized carbons (Fsp3) is 0.500. The first kappa shape index (κ1) is 24.3. The Morgan fingerprint density at radius 2 is 1.85 bits per heavy atom. The molecule has 182 valence electrons. The molecule has 1 heterocycles. The van der Waals surface area contributed by atoms with Crippen LogP contribution in [0.3, 0.4) is 0 Å². The average molecular weight is 464 g/mol. The van der Waals surface area contributed by atoms with E-state index in [1.807, 2.05) is 67.5 Å². The van der Waals surface area contributed by atoms with Gasteiger partial charge in [-0.25, -0.2) is 0 Å². The summed E-state index contributed by atoms with van der Waals surface area (Å²) in [5.41, 5.74) is 3.90. The van der Waals surface area contributed by atoms with Crippen molar-refractivity contribution >= 4 is 23.2 Å². The van der Waals surface area contributed by atoms with Gasteiger partial charge in [-0.1, -0.05) is 37.3 Å². The molecule has 0 unspecified atom stereocenters. The molecule has 2 fully saturated rings. The van der Waals surface area contributed by atoms with Crippen molar-refractivity contribution in [1.29, 1.82) is 0 Å². The number of carbonyl (C=O) groups excluding carboxylic acids is 2. The predicted octanol–water partition coefficient (Wildman–Crippen LogP) is 4.80. The molecule has 2 amide bonds. The Hall–Kier alpha value is -2.86. The van der Waals surface area contributed by atoms with Gasteiger partial charge >= 0.3 is 0 Å². The number of hydrogen-bond acceptors (Lipinski definition) is 4. The van der Waals surface area contributed by atoms with Crippen molar-refractivity contribution in [3.8, 4) is 0 Å². The van der Waals surface area contributed by atoms with Gasteiger partial charge < -0.3 is 19.9 Å². The topological polar surface area (TPSA) is 61.9 Å². The van der Waals surface area contributed by atoms with E-state index in [9.17, 15) is 9.59 Å². The Bertz CT molecular complexity index is 982. The number of ether oxygens (including phenoxy) is 1. The Labute approximate surface area is 203 Å². The first-order chi connectivity index (χ1) is 16.5. The van der Waals surface area contributed by atoms with Crippen molar-refractivity contribution in [2.45, 2.75) is 57.6 Å². The molecule has 2 aliphatic rings. The Morgan fingerprint density at radius 1 is 1.09 bits per heavy atom. The normalized spacial score (nSPS) is 18.4. The van der Waals surface area contributed by atoms with Crippen LogP contribution in [0.1, 0.15) is 56.1 Å². The third-order valence-corrected chi connectivity index (χ3v) is 6.81. The molecule has 4 rings (SSSR count). The van der Waals surface area contributed by atoms with Crippen LogP contribution in [0.5, 0.6) is 0 Å². The predicted molar refractivity (Wildman–Crippen MR) is 136 cm³/mol. The van der Waals surface area contributed by atoms with Crippen LogP contribution in [-0.4, -0.2) is 50.1 Å². The van der Waals surface area contributed by atoms with Gasteiger partial charge in [0.05, 0.1) is 12.0 Å². The maximum atomic E-state index is 13.9. The van der Waals surface area contributed by atoms with Crippen molar-refractivity contribution < 1.29 is 14.3 Å². The highest BCUT2D eigenvalue weighted by atomic mass is 16.5. The molecule has 2 aromatic rings. The van der Waals surface area contributed by atoms with E-state index in [1.54, 1.807) is 0 Å². The SMILES string of the molecule is CC[C@@H](C(=O)N(Cc1cc(NC(=O)C2CC2)ccc1N(C)C)C[C@@H]1CCCO1)c1ccccc1. The summed E-state index contributed by atoms with van der Waals surface area (Å²) >= 11 is 0. The zero-order chi connectivity index (χ0) is 24.1. The summed E-state index contributed by atoms with van der Waals surface area (Å²) in [7, 11) is 4.01. The molecule has 1 saturated carbocycles. The van der Waals surface area contributed by atoms with Gasteiger partial charge in [-0.3, -0.25) is 9.59 Å². The van der Waals surface area contributed by atoms with Gasteiger partial charge in [-0.2, -0.15) is 0 Å². The molecular formula is C28H37N3O3. The Morgan fingerprint density at radius 3 is 2.47 bits per heavy atom. The number of nitrogens with one attached hydrogen (secondary N) is 1. The van der Waals surface area contributed by atoms with E-state index in [4.69, 9.17) is 4.74 Å². The summed E-state index contributed by atoms with van der Waals surface area (Å²) in [6, 6.07) is 16.0. The minimum absolute atomic E-state index is 0.0674. The van der Waals surface area contributed by atoms with E-state index in [0.29, 0.717) is 13.1 Å². The summed E-state index contributed by atoms with van der Waals surface area (Å²) in [4.78, 5) is 30.3. The van der Waals surface area contributed by atoms with Crippen molar-refractivity contribution in [3.63, 3.8) is 0 Å². The molecular weight excluding hydrogens is 426 g/mol. The number of rotatable bonds is 10. The molecule has 0 radical (unpaired) electrons. The van der Waals surface area contributed by atoms with E-state index in [-0.39, 0.29) is 29.8 Å². The van der Waals surface area contributed by atoms with Gasteiger partial charge in [-0.15, -0.1) is 0 Å². The van der Waals surface area contributed by atoms with Crippen molar-refractivity contribution in [3.05, 3.63) is 59.7 Å². The van der Waals surface area contributed by atoms with E-state index < -0.39 is 0 Å². The second-order valence-electron chi connectivity index (χ2n) is 9.73. The fourth-order valence-corrected chi connectivity index (χ4v) is 4.75. The molecule has 6 heteroatoms. The smallest absolute Gasteiger partial charge is 0.230 e. The third kappa shape index (κ3) is 5.98. The van der Waals surface area contributed by atoms with Gasteiger partial charge in [0.2, 0.25) is 11.8 Å². The third-order valence-electron chi connectivity index (χ3n) is 6.81. The number of nitrogens with zero attached hydrogens (tertiary/aromatic N) is 2. The lowest BCUT2D eigenvalue weighted by Gasteiger charge is -2.31. The first-order valence-corrected chi connectivity index (χ1v) is 12.5. The van der Waals surface area contributed by atoms with Crippen molar-refractivity contribution in [2.24, 2.45) is 5.92 Å². The summed E-state index contributed by atoms with van der Waals surface area (Å²) in [5, 5.41) is 3.06. The molecule has 0 spiro atoms. The lowest BCUT2D eigenvalue weighted by molar-refractivity contribution is -0.135. The van der Waals surface area contributed by atoms with Crippen LogP contribution in [-0.2, 0) is 20.9 Å². The van der Waals surface area contributed by atoms with Crippen LogP contribution in [0.15, 0.2) is 48.5 Å². The quantitative estimate of drug-likeness (QED) is 0.550. The second kappa shape index (κ2) is 11.0. The van der Waals surface area contributed by atoms with Gasteiger partial charge in [0.25, 0.3) is 0 Å². The average Bonchev–Trinajstić information content (AvgIpc) is 3.57. The Kier molecular flexibility index (Phi) is 7.88. The molecule has 2 atom stereocenters. The highest BCUT2D eigenvalue weighted by molar-refractivity contribution is 5.94. The van der Waals surface area contributed by atoms with Crippen LogP contribution >= 0.6 is 0 Å². The minimum Gasteiger partial charge on any atom is -0.377 e. The molecule has 1 saturated heterocycles. The second-order valence-corrected chi connectivity index (χ2v) is 9.73. The molecule has 1 aliphatic heterocycles. The van der Waals surface area contributed by atoms with Crippen LogP contribution in [0.25, 0.3) is 0 Å². The number of anilines is 2. The standard InChI is InChI=1S/C28H37N3O3/c1-4-25(20-9-6-5-7-10-20)28(33)31(19-24-11-8-16-34-24)18-22-17-23(14-15-26(22)30(2)3)29-27(32)21-12-13-21/h5-7,9-10,14-15,17,21,24-25H,4,8,11-13,16,18-19H2,1-3H3,(H,29,32)/t24-,25+/m0/s1. The minimum atomic E-state index is -0.192. The summed E-state index contributed by atoms with van der Waals surface area (Å²) in [5.74, 6) is 0.168. The summed E-state index contributed by atoms with van der Waals surface area (Å²) < 4.78 is 5.92. The van der Waals surface area contributed by atoms with Crippen LogP contribution < -0.4 is 10.2 Å². The zero-order valence-corrected chi connectivity index (χ0v) is 20.6. The maximum Gasteiger partial charge on any atom is 0.230 e. The monoisotopic (exact) mass is 463 g/mol. The van der Waals surface area contributed by atoms with Gasteiger partial charge in [0.15, 0.2) is 0 Å². The van der Waals surface area contributed by atoms with E-state index in [0.717, 1.165) is 61.2 Å². The maximum absolute atomic E-state index is 13.9.